The van der Waals surface area contributed by atoms with Gasteiger partial charge in [-0.15, -0.1) is 0 Å². The molecule has 0 aliphatic carbocycles. The van der Waals surface area contributed by atoms with E-state index in [0.717, 1.165) is 18.9 Å². The first-order valence-electron chi connectivity index (χ1n) is 4.65. The van der Waals surface area contributed by atoms with Crippen molar-refractivity contribution in [3.8, 4) is 0 Å². The Bertz CT molecular complexity index is 129. The summed E-state index contributed by atoms with van der Waals surface area (Å²) in [6, 6.07) is 0. The lowest BCUT2D eigenvalue weighted by Gasteiger charge is -2.21. The van der Waals surface area contributed by atoms with Gasteiger partial charge in [0.2, 0.25) is 0 Å². The third kappa shape index (κ3) is 2.33. The highest BCUT2D eigenvalue weighted by molar-refractivity contribution is 4.89. The van der Waals surface area contributed by atoms with Crippen molar-refractivity contribution in [2.45, 2.75) is 39.2 Å². The third-order valence-corrected chi connectivity index (χ3v) is 2.46. The van der Waals surface area contributed by atoms with Gasteiger partial charge in [0.05, 0.1) is 12.7 Å². The van der Waals surface area contributed by atoms with Gasteiger partial charge in [0.1, 0.15) is 0 Å². The van der Waals surface area contributed by atoms with Crippen LogP contribution in [0.3, 0.4) is 0 Å². The van der Waals surface area contributed by atoms with Crippen LogP contribution in [-0.4, -0.2) is 12.7 Å². The van der Waals surface area contributed by atoms with Gasteiger partial charge in [0.25, 0.3) is 0 Å². The van der Waals surface area contributed by atoms with E-state index in [9.17, 15) is 0 Å². The lowest BCUT2D eigenvalue weighted by Crippen LogP contribution is -2.21. The minimum Gasteiger partial charge on any atom is -0.374 e. The van der Waals surface area contributed by atoms with Crippen molar-refractivity contribution in [2.24, 2.45) is 5.92 Å². The maximum atomic E-state index is 5.67. The average Bonchev–Trinajstić information content (AvgIpc) is 2.27. The Labute approximate surface area is 69.4 Å². The highest BCUT2D eigenvalue weighted by atomic mass is 16.5. The SMILES string of the molecule is CCC1CC=CCOC1CC. The van der Waals surface area contributed by atoms with Crippen LogP contribution in [0.4, 0.5) is 0 Å². The standard InChI is InChI=1S/C10H18O/c1-3-9-7-5-6-8-11-10(9)4-2/h5-6,9-10H,3-4,7-8H2,1-2H3. The molecule has 64 valence electrons. The summed E-state index contributed by atoms with van der Waals surface area (Å²) < 4.78 is 5.67. The second-order valence-corrected chi connectivity index (χ2v) is 3.16. The molecule has 0 aromatic rings. The van der Waals surface area contributed by atoms with Crippen molar-refractivity contribution < 1.29 is 4.74 Å². The van der Waals surface area contributed by atoms with E-state index in [1.165, 1.54) is 12.8 Å². The fraction of sp³-hybridized carbons (Fsp3) is 0.800. The summed E-state index contributed by atoms with van der Waals surface area (Å²) >= 11 is 0. The minimum absolute atomic E-state index is 0.495. The van der Waals surface area contributed by atoms with Crippen molar-refractivity contribution in [3.05, 3.63) is 12.2 Å². The lowest BCUT2D eigenvalue weighted by molar-refractivity contribution is 0.0307. The van der Waals surface area contributed by atoms with E-state index in [4.69, 9.17) is 4.74 Å². The molecule has 0 saturated heterocycles. The number of ether oxygens (including phenoxy) is 1. The average molecular weight is 154 g/mol. The van der Waals surface area contributed by atoms with E-state index in [-0.39, 0.29) is 0 Å². The Balaban J connectivity index is 2.47. The van der Waals surface area contributed by atoms with Crippen LogP contribution in [0.5, 0.6) is 0 Å². The van der Waals surface area contributed by atoms with Gasteiger partial charge in [0.15, 0.2) is 0 Å². The zero-order valence-electron chi connectivity index (χ0n) is 7.55. The smallest absolute Gasteiger partial charge is 0.0651 e. The summed E-state index contributed by atoms with van der Waals surface area (Å²) in [5.41, 5.74) is 0. The summed E-state index contributed by atoms with van der Waals surface area (Å²) in [6.45, 7) is 5.27. The second-order valence-electron chi connectivity index (χ2n) is 3.16. The molecule has 0 aromatic heterocycles. The topological polar surface area (TPSA) is 9.23 Å². The molecule has 1 heterocycles. The number of allylic oxidation sites excluding steroid dienone is 1. The van der Waals surface area contributed by atoms with E-state index in [1.807, 2.05) is 0 Å². The molecular formula is C10H18O. The normalized spacial score (nSPS) is 31.8. The Kier molecular flexibility index (Phi) is 3.64. The van der Waals surface area contributed by atoms with Gasteiger partial charge in [-0.25, -0.2) is 0 Å². The summed E-state index contributed by atoms with van der Waals surface area (Å²) in [6.07, 6.45) is 8.48. The summed E-state index contributed by atoms with van der Waals surface area (Å²) in [5, 5.41) is 0. The van der Waals surface area contributed by atoms with E-state index < -0.39 is 0 Å². The van der Waals surface area contributed by atoms with Crippen LogP contribution < -0.4 is 0 Å². The van der Waals surface area contributed by atoms with E-state index in [2.05, 4.69) is 26.0 Å². The summed E-state index contributed by atoms with van der Waals surface area (Å²) in [7, 11) is 0. The highest BCUT2D eigenvalue weighted by Crippen LogP contribution is 2.21. The molecule has 1 heteroatoms. The van der Waals surface area contributed by atoms with Crippen LogP contribution in [0, 0.1) is 5.92 Å². The molecule has 2 atom stereocenters. The molecule has 0 aromatic carbocycles. The molecular weight excluding hydrogens is 136 g/mol. The van der Waals surface area contributed by atoms with Gasteiger partial charge in [-0.2, -0.15) is 0 Å². The Morgan fingerprint density at radius 3 is 2.73 bits per heavy atom. The molecule has 2 unspecified atom stereocenters. The maximum absolute atomic E-state index is 5.67. The fourth-order valence-electron chi connectivity index (χ4n) is 1.69. The van der Waals surface area contributed by atoms with Crippen molar-refractivity contribution >= 4 is 0 Å². The number of hydrogen-bond acceptors (Lipinski definition) is 1. The molecule has 0 fully saturated rings. The first-order chi connectivity index (χ1) is 5.38. The largest absolute Gasteiger partial charge is 0.374 e. The van der Waals surface area contributed by atoms with Crippen LogP contribution >= 0.6 is 0 Å². The molecule has 0 bridgehead atoms. The second kappa shape index (κ2) is 4.55. The predicted octanol–water partition coefficient (Wildman–Crippen LogP) is 2.77. The van der Waals surface area contributed by atoms with Crippen LogP contribution in [-0.2, 0) is 4.74 Å². The number of rotatable bonds is 2. The quantitative estimate of drug-likeness (QED) is 0.556. The van der Waals surface area contributed by atoms with Crippen molar-refractivity contribution in [3.63, 3.8) is 0 Å². The van der Waals surface area contributed by atoms with Crippen LogP contribution in [0.2, 0.25) is 0 Å². The third-order valence-electron chi connectivity index (χ3n) is 2.46. The molecule has 1 nitrogen and oxygen atoms in total. The van der Waals surface area contributed by atoms with Gasteiger partial charge in [-0.05, 0) is 18.8 Å². The Morgan fingerprint density at radius 1 is 1.27 bits per heavy atom. The molecule has 11 heavy (non-hydrogen) atoms. The van der Waals surface area contributed by atoms with Crippen molar-refractivity contribution in [1.82, 2.24) is 0 Å². The Morgan fingerprint density at radius 2 is 2.09 bits per heavy atom. The van der Waals surface area contributed by atoms with Crippen LogP contribution in [0.25, 0.3) is 0 Å². The Hall–Kier alpha value is -0.300. The molecule has 1 aliphatic rings. The van der Waals surface area contributed by atoms with Gasteiger partial charge in [-0.1, -0.05) is 32.4 Å². The van der Waals surface area contributed by atoms with Crippen LogP contribution in [0.15, 0.2) is 12.2 Å². The van der Waals surface area contributed by atoms with E-state index in [1.54, 1.807) is 0 Å². The molecule has 0 N–H and O–H groups in total. The van der Waals surface area contributed by atoms with E-state index >= 15 is 0 Å². The van der Waals surface area contributed by atoms with Gasteiger partial charge >= 0.3 is 0 Å². The molecule has 1 rings (SSSR count). The fourth-order valence-corrected chi connectivity index (χ4v) is 1.69. The monoisotopic (exact) mass is 154 g/mol. The lowest BCUT2D eigenvalue weighted by atomic mass is 9.94. The molecule has 0 radical (unpaired) electrons. The summed E-state index contributed by atoms with van der Waals surface area (Å²) in [5.74, 6) is 0.749. The molecule has 0 spiro atoms. The minimum atomic E-state index is 0.495. The first kappa shape index (κ1) is 8.79. The van der Waals surface area contributed by atoms with Crippen molar-refractivity contribution in [2.75, 3.05) is 6.61 Å². The van der Waals surface area contributed by atoms with Crippen LogP contribution in [0.1, 0.15) is 33.1 Å². The first-order valence-corrected chi connectivity index (χ1v) is 4.65. The zero-order chi connectivity index (χ0) is 8.10. The molecule has 1 aliphatic heterocycles. The number of hydrogen-bond donors (Lipinski definition) is 0. The highest BCUT2D eigenvalue weighted by Gasteiger charge is 2.18. The maximum Gasteiger partial charge on any atom is 0.0651 e. The van der Waals surface area contributed by atoms with E-state index in [0.29, 0.717) is 6.10 Å². The van der Waals surface area contributed by atoms with Gasteiger partial charge in [0, 0.05) is 0 Å². The van der Waals surface area contributed by atoms with Gasteiger partial charge < -0.3 is 4.74 Å². The zero-order valence-corrected chi connectivity index (χ0v) is 7.55. The molecule has 0 saturated carbocycles. The van der Waals surface area contributed by atoms with Crippen molar-refractivity contribution in [1.29, 1.82) is 0 Å². The summed E-state index contributed by atoms with van der Waals surface area (Å²) in [4.78, 5) is 0. The molecule has 0 amide bonds. The van der Waals surface area contributed by atoms with Gasteiger partial charge in [-0.3, -0.25) is 0 Å². The predicted molar refractivity (Wildman–Crippen MR) is 47.6 cm³/mol.